The number of rotatable bonds is 2. The van der Waals surface area contributed by atoms with Gasteiger partial charge in [-0.25, -0.2) is 29.7 Å². The van der Waals surface area contributed by atoms with E-state index in [1.807, 2.05) is 30.3 Å². The number of hydrogen-bond acceptors (Lipinski definition) is 2. The van der Waals surface area contributed by atoms with Gasteiger partial charge in [0.25, 0.3) is 0 Å². The molecule has 0 fully saturated rings. The second-order valence-electron chi connectivity index (χ2n) is 5.68. The Balaban J connectivity index is 0.000000519. The van der Waals surface area contributed by atoms with Crippen LogP contribution in [0.3, 0.4) is 0 Å². The first-order valence-corrected chi connectivity index (χ1v) is 8.29. The molecule has 2 nitrogen and oxygen atoms in total. The van der Waals surface area contributed by atoms with E-state index in [1.54, 1.807) is 0 Å². The molecule has 0 N–H and O–H groups in total. The number of alkyl halides is 6. The Morgan fingerprint density at radius 3 is 1.18 bits per heavy atom. The predicted molar refractivity (Wildman–Crippen MR) is 93.2 cm³/mol. The molecule has 34 heavy (non-hydrogen) atoms. The first-order chi connectivity index (χ1) is 15.1. The van der Waals surface area contributed by atoms with Crippen molar-refractivity contribution in [3.05, 3.63) is 101 Å². The van der Waals surface area contributed by atoms with E-state index in [1.165, 1.54) is 12.1 Å². The van der Waals surface area contributed by atoms with Crippen LogP contribution in [0.1, 0.15) is 20.7 Å². The fourth-order valence-electron chi connectivity index (χ4n) is 1.86. The zero-order chi connectivity index (χ0) is 25.4. The van der Waals surface area contributed by atoms with E-state index in [9.17, 15) is 53.5 Å². The van der Waals surface area contributed by atoms with Crippen molar-refractivity contribution < 1.29 is 75.2 Å². The Labute approximate surface area is 200 Å². The van der Waals surface area contributed by atoms with Crippen LogP contribution in [0.15, 0.2) is 54.6 Å². The van der Waals surface area contributed by atoms with E-state index >= 15 is 0 Å². The van der Waals surface area contributed by atoms with Crippen LogP contribution in [0, 0.1) is 35.4 Å². The van der Waals surface area contributed by atoms with Crippen LogP contribution >= 0.6 is 0 Å². The summed E-state index contributed by atoms with van der Waals surface area (Å²) in [5, 5.41) is 0. The molecular formula is C21H9F10O2Ti. The van der Waals surface area contributed by atoms with Crippen molar-refractivity contribution in [1.29, 1.82) is 0 Å². The van der Waals surface area contributed by atoms with Crippen LogP contribution < -0.4 is 0 Å². The second kappa shape index (κ2) is 13.1. The molecule has 0 unspecified atom stereocenters. The molecule has 0 saturated carbocycles. The minimum absolute atomic E-state index is 0. The third-order valence-corrected chi connectivity index (χ3v) is 3.28. The summed E-state index contributed by atoms with van der Waals surface area (Å²) in [5.41, 5.74) is -2.47. The normalized spacial score (nSPS) is 10.6. The van der Waals surface area contributed by atoms with Gasteiger partial charge in [-0.2, -0.15) is 56.7 Å². The molecule has 0 aliphatic heterocycles. The van der Waals surface area contributed by atoms with Gasteiger partial charge in [0.1, 0.15) is 0 Å². The van der Waals surface area contributed by atoms with Gasteiger partial charge in [0.05, 0.1) is 0 Å². The Hall–Kier alpha value is -2.86. The van der Waals surface area contributed by atoms with E-state index in [4.69, 9.17) is 0 Å². The SMILES string of the molecule is O=C(c1ccc(F)[c-]c1F)C(F)(F)F.O=C(c1ccc(F)[c-]c1F)C(F)(F)F.[Ti+3].c1cc[cH-]c1. The van der Waals surface area contributed by atoms with E-state index in [0.29, 0.717) is 24.3 Å². The van der Waals surface area contributed by atoms with Crippen molar-refractivity contribution in [2.45, 2.75) is 12.4 Å². The van der Waals surface area contributed by atoms with Crippen molar-refractivity contribution >= 4 is 11.6 Å². The maximum Gasteiger partial charge on any atom is 3.00 e. The number of halogens is 10. The smallest absolute Gasteiger partial charge is 0.299 e. The molecule has 0 bridgehead atoms. The molecule has 179 valence electrons. The van der Waals surface area contributed by atoms with Crippen molar-refractivity contribution in [3.63, 3.8) is 0 Å². The van der Waals surface area contributed by atoms with Gasteiger partial charge in [-0.15, -0.1) is 24.3 Å². The topological polar surface area (TPSA) is 34.1 Å². The van der Waals surface area contributed by atoms with Crippen molar-refractivity contribution in [3.8, 4) is 0 Å². The predicted octanol–water partition coefficient (Wildman–Crippen LogP) is 6.42. The Kier molecular flexibility index (Phi) is 12.0. The number of carbonyl (C=O) groups is 2. The molecule has 13 heteroatoms. The van der Waals surface area contributed by atoms with Gasteiger partial charge in [0.2, 0.25) is 11.6 Å². The molecule has 0 saturated heterocycles. The van der Waals surface area contributed by atoms with Crippen molar-refractivity contribution in [1.82, 2.24) is 0 Å². The third kappa shape index (κ3) is 9.96. The summed E-state index contributed by atoms with van der Waals surface area (Å²) < 4.78 is 120. The van der Waals surface area contributed by atoms with E-state index in [0.717, 1.165) is 0 Å². The first-order valence-electron chi connectivity index (χ1n) is 8.29. The van der Waals surface area contributed by atoms with Crippen LogP contribution in [-0.4, -0.2) is 23.9 Å². The molecular weight excluding hydrogens is 522 g/mol. The minimum Gasteiger partial charge on any atom is -0.299 e. The van der Waals surface area contributed by atoms with Gasteiger partial charge in [-0.3, -0.25) is 9.59 Å². The maximum absolute atomic E-state index is 12.6. The Morgan fingerprint density at radius 2 is 0.971 bits per heavy atom. The monoisotopic (exact) mass is 531 g/mol. The molecule has 3 aromatic carbocycles. The maximum atomic E-state index is 12.6. The van der Waals surface area contributed by atoms with Crippen LogP contribution in [0.4, 0.5) is 43.9 Å². The molecule has 0 aliphatic carbocycles. The van der Waals surface area contributed by atoms with Gasteiger partial charge in [0, 0.05) is 23.3 Å². The van der Waals surface area contributed by atoms with Gasteiger partial charge in [-0.05, 0) is 11.1 Å². The van der Waals surface area contributed by atoms with Crippen LogP contribution in [0.5, 0.6) is 0 Å². The summed E-state index contributed by atoms with van der Waals surface area (Å²) in [6, 6.07) is 14.6. The van der Waals surface area contributed by atoms with E-state index in [2.05, 4.69) is 0 Å². The zero-order valence-corrected chi connectivity index (χ0v) is 17.9. The van der Waals surface area contributed by atoms with Gasteiger partial charge in [-0.1, -0.05) is 0 Å². The number of benzene rings is 2. The van der Waals surface area contributed by atoms with Crippen LogP contribution in [0.25, 0.3) is 0 Å². The quantitative estimate of drug-likeness (QED) is 0.166. The molecule has 0 spiro atoms. The minimum atomic E-state index is -5.17. The molecule has 3 rings (SSSR count). The zero-order valence-electron chi connectivity index (χ0n) is 16.3. The molecule has 0 heterocycles. The number of ketones is 2. The molecule has 0 aromatic heterocycles. The molecule has 0 aliphatic rings. The van der Waals surface area contributed by atoms with Gasteiger partial charge < -0.3 is 0 Å². The van der Waals surface area contributed by atoms with E-state index in [-0.39, 0.29) is 21.7 Å². The largest absolute Gasteiger partial charge is 3.00 e. The van der Waals surface area contributed by atoms with Crippen LogP contribution in [-0.2, 0) is 21.7 Å². The van der Waals surface area contributed by atoms with Gasteiger partial charge >= 0.3 is 34.1 Å². The summed E-state index contributed by atoms with van der Waals surface area (Å²) in [4.78, 5) is 21.0. The second-order valence-corrected chi connectivity index (χ2v) is 5.68. The summed E-state index contributed by atoms with van der Waals surface area (Å²) in [6.45, 7) is 0. The van der Waals surface area contributed by atoms with E-state index < -0.39 is 58.3 Å². The van der Waals surface area contributed by atoms with Crippen molar-refractivity contribution in [2.24, 2.45) is 0 Å². The fraction of sp³-hybridized carbons (Fsp3) is 0.0952. The summed E-state index contributed by atoms with van der Waals surface area (Å²) in [6.07, 6.45) is -10.3. The average molecular weight is 531 g/mol. The van der Waals surface area contributed by atoms with Gasteiger partial charge in [0.15, 0.2) is 0 Å². The third-order valence-electron chi connectivity index (χ3n) is 3.28. The molecule has 3 aromatic rings. The number of Topliss-reactive ketones (excluding diaryl/α,β-unsaturated/α-hetero) is 2. The summed E-state index contributed by atoms with van der Waals surface area (Å²) in [7, 11) is 0. The first kappa shape index (κ1) is 31.1. The summed E-state index contributed by atoms with van der Waals surface area (Å²) in [5.74, 6) is -10.3. The summed E-state index contributed by atoms with van der Waals surface area (Å²) >= 11 is 0. The Bertz CT molecular complexity index is 983. The fourth-order valence-corrected chi connectivity index (χ4v) is 1.86. The number of hydrogen-bond donors (Lipinski definition) is 0. The standard InChI is InChI=1S/2C8H2F5O.C5H5.Ti/c2*9-4-1-2-5(6(10)3-4)7(14)8(11,12)13;1-2-4-5-3-1;/h2*1-2H;1-5H;/q3*-1;+3. The van der Waals surface area contributed by atoms with Crippen molar-refractivity contribution in [2.75, 3.05) is 0 Å². The Morgan fingerprint density at radius 1 is 0.647 bits per heavy atom. The average Bonchev–Trinajstić information content (AvgIpc) is 3.26. The van der Waals surface area contributed by atoms with Crippen LogP contribution in [0.2, 0.25) is 0 Å². The molecule has 0 atom stereocenters. The molecule has 0 amide bonds. The number of carbonyl (C=O) groups excluding carboxylic acids is 2. The molecule has 1 radical (unpaired) electrons.